The van der Waals surface area contributed by atoms with Crippen molar-refractivity contribution in [1.29, 1.82) is 0 Å². The topological polar surface area (TPSA) is 55.4 Å². The van der Waals surface area contributed by atoms with Crippen LogP contribution in [-0.2, 0) is 14.3 Å². The smallest absolute Gasteiger partial charge is 0.254 e. The van der Waals surface area contributed by atoms with Gasteiger partial charge in [-0.25, -0.2) is 0 Å². The fraction of sp³-hybridized carbons (Fsp3) is 0.429. The Morgan fingerprint density at radius 1 is 1.28 bits per heavy atom. The highest BCUT2D eigenvalue weighted by Crippen LogP contribution is 2.16. The summed E-state index contributed by atoms with van der Waals surface area (Å²) in [6.07, 6.45) is -0.275. The van der Waals surface area contributed by atoms with E-state index in [2.05, 4.69) is 5.32 Å². The molecule has 0 aliphatic rings. The zero-order valence-electron chi connectivity index (χ0n) is 11.0. The summed E-state index contributed by atoms with van der Waals surface area (Å²) >= 11 is 0. The standard InChI is InChI=1S/C14H19NO3/c1-4-12(16)10(2)15-14(17)13(18-3)11-8-6-5-7-9-11/h5-10,13H,4H2,1-3H3,(H,15,17). The van der Waals surface area contributed by atoms with Crippen molar-refractivity contribution in [2.24, 2.45) is 0 Å². The maximum Gasteiger partial charge on any atom is 0.254 e. The summed E-state index contributed by atoms with van der Waals surface area (Å²) in [5.41, 5.74) is 0.772. The fourth-order valence-electron chi connectivity index (χ4n) is 1.70. The zero-order chi connectivity index (χ0) is 13.5. The Morgan fingerprint density at radius 2 is 1.89 bits per heavy atom. The first-order valence-corrected chi connectivity index (χ1v) is 6.01. The monoisotopic (exact) mass is 249 g/mol. The summed E-state index contributed by atoms with van der Waals surface area (Å²) in [6, 6.07) is 8.71. The Balaban J connectivity index is 2.72. The van der Waals surface area contributed by atoms with Gasteiger partial charge in [0, 0.05) is 13.5 Å². The van der Waals surface area contributed by atoms with Gasteiger partial charge in [0.25, 0.3) is 5.91 Å². The molecule has 0 saturated carbocycles. The Bertz CT molecular complexity index is 403. The Morgan fingerprint density at radius 3 is 2.39 bits per heavy atom. The third kappa shape index (κ3) is 3.67. The van der Waals surface area contributed by atoms with Crippen molar-refractivity contribution in [3.05, 3.63) is 35.9 Å². The number of rotatable bonds is 6. The van der Waals surface area contributed by atoms with Crippen LogP contribution in [-0.4, -0.2) is 24.8 Å². The molecule has 4 nitrogen and oxygen atoms in total. The lowest BCUT2D eigenvalue weighted by atomic mass is 10.1. The predicted molar refractivity (Wildman–Crippen MR) is 69.1 cm³/mol. The first-order chi connectivity index (χ1) is 8.60. The summed E-state index contributed by atoms with van der Waals surface area (Å²) in [6.45, 7) is 3.46. The molecule has 1 rings (SSSR count). The SMILES string of the molecule is CCC(=O)C(C)NC(=O)C(OC)c1ccccc1. The van der Waals surface area contributed by atoms with Gasteiger partial charge in [0.2, 0.25) is 0 Å². The molecule has 1 amide bonds. The molecule has 0 radical (unpaired) electrons. The van der Waals surface area contributed by atoms with Crippen molar-refractivity contribution in [1.82, 2.24) is 5.32 Å². The van der Waals surface area contributed by atoms with Gasteiger partial charge in [-0.05, 0) is 12.5 Å². The highest BCUT2D eigenvalue weighted by atomic mass is 16.5. The molecule has 2 atom stereocenters. The third-order valence-corrected chi connectivity index (χ3v) is 2.77. The minimum atomic E-state index is -0.682. The number of methoxy groups -OCH3 is 1. The van der Waals surface area contributed by atoms with Crippen LogP contribution < -0.4 is 5.32 Å². The molecule has 1 aromatic rings. The van der Waals surface area contributed by atoms with Gasteiger partial charge in [-0.3, -0.25) is 9.59 Å². The lowest BCUT2D eigenvalue weighted by molar-refractivity contribution is -0.134. The van der Waals surface area contributed by atoms with Gasteiger partial charge in [-0.2, -0.15) is 0 Å². The fourth-order valence-corrected chi connectivity index (χ4v) is 1.70. The van der Waals surface area contributed by atoms with Crippen LogP contribution in [0.25, 0.3) is 0 Å². The van der Waals surface area contributed by atoms with Gasteiger partial charge in [0.1, 0.15) is 0 Å². The number of carbonyl (C=O) groups excluding carboxylic acids is 2. The second-order valence-corrected chi connectivity index (χ2v) is 4.08. The van der Waals surface area contributed by atoms with Gasteiger partial charge in [-0.1, -0.05) is 37.3 Å². The van der Waals surface area contributed by atoms with E-state index in [1.54, 1.807) is 13.8 Å². The number of benzene rings is 1. The molecule has 0 aliphatic carbocycles. The van der Waals surface area contributed by atoms with E-state index < -0.39 is 12.1 Å². The van der Waals surface area contributed by atoms with Crippen LogP contribution in [0.3, 0.4) is 0 Å². The minimum Gasteiger partial charge on any atom is -0.367 e. The molecule has 1 aromatic carbocycles. The van der Waals surface area contributed by atoms with Gasteiger partial charge in [0.15, 0.2) is 11.9 Å². The molecule has 0 aromatic heterocycles. The second kappa shape index (κ2) is 6.91. The lowest BCUT2D eigenvalue weighted by Gasteiger charge is -2.18. The first kappa shape index (κ1) is 14.4. The second-order valence-electron chi connectivity index (χ2n) is 4.08. The van der Waals surface area contributed by atoms with E-state index >= 15 is 0 Å². The maximum absolute atomic E-state index is 12.0. The number of hydrogen-bond donors (Lipinski definition) is 1. The molecule has 0 spiro atoms. The Kier molecular flexibility index (Phi) is 5.52. The normalized spacial score (nSPS) is 13.7. The molecular weight excluding hydrogens is 230 g/mol. The molecule has 4 heteroatoms. The molecule has 1 N–H and O–H groups in total. The summed E-state index contributed by atoms with van der Waals surface area (Å²) in [4.78, 5) is 23.5. The summed E-state index contributed by atoms with van der Waals surface area (Å²) in [7, 11) is 1.48. The average molecular weight is 249 g/mol. The van der Waals surface area contributed by atoms with Crippen molar-refractivity contribution in [2.45, 2.75) is 32.4 Å². The zero-order valence-corrected chi connectivity index (χ0v) is 11.0. The van der Waals surface area contributed by atoms with Crippen molar-refractivity contribution in [3.63, 3.8) is 0 Å². The van der Waals surface area contributed by atoms with Crippen LogP contribution in [0.5, 0.6) is 0 Å². The largest absolute Gasteiger partial charge is 0.367 e. The third-order valence-electron chi connectivity index (χ3n) is 2.77. The number of ether oxygens (including phenoxy) is 1. The Labute approximate surface area is 107 Å². The quantitative estimate of drug-likeness (QED) is 0.837. The van der Waals surface area contributed by atoms with E-state index in [1.165, 1.54) is 7.11 Å². The van der Waals surface area contributed by atoms with Crippen LogP contribution >= 0.6 is 0 Å². The van der Waals surface area contributed by atoms with Crippen LogP contribution in [0.1, 0.15) is 31.9 Å². The van der Waals surface area contributed by atoms with E-state index in [0.29, 0.717) is 6.42 Å². The van der Waals surface area contributed by atoms with Crippen LogP contribution in [0, 0.1) is 0 Å². The van der Waals surface area contributed by atoms with E-state index in [9.17, 15) is 9.59 Å². The minimum absolute atomic E-state index is 0.00580. The summed E-state index contributed by atoms with van der Waals surface area (Å²) in [5, 5.41) is 2.67. The number of hydrogen-bond acceptors (Lipinski definition) is 3. The highest BCUT2D eigenvalue weighted by Gasteiger charge is 2.23. The van der Waals surface area contributed by atoms with Crippen molar-refractivity contribution in [2.75, 3.05) is 7.11 Å². The Hall–Kier alpha value is -1.68. The molecular formula is C14H19NO3. The number of ketones is 1. The molecule has 0 fully saturated rings. The number of amides is 1. The van der Waals surface area contributed by atoms with Gasteiger partial charge in [0.05, 0.1) is 6.04 Å². The van der Waals surface area contributed by atoms with Gasteiger partial charge >= 0.3 is 0 Å². The summed E-state index contributed by atoms with van der Waals surface area (Å²) < 4.78 is 5.19. The predicted octanol–water partition coefficient (Wildman–Crippen LogP) is 1.86. The van der Waals surface area contributed by atoms with E-state index in [1.807, 2.05) is 30.3 Å². The summed E-state index contributed by atoms with van der Waals surface area (Å²) in [5.74, 6) is -0.288. The van der Waals surface area contributed by atoms with Gasteiger partial charge < -0.3 is 10.1 Å². The number of nitrogens with one attached hydrogen (secondary N) is 1. The lowest BCUT2D eigenvalue weighted by Crippen LogP contribution is -2.41. The van der Waals surface area contributed by atoms with Gasteiger partial charge in [-0.15, -0.1) is 0 Å². The number of Topliss-reactive ketones (excluding diaryl/α,β-unsaturated/α-hetero) is 1. The molecule has 98 valence electrons. The first-order valence-electron chi connectivity index (χ1n) is 6.01. The van der Waals surface area contributed by atoms with E-state index in [4.69, 9.17) is 4.74 Å². The van der Waals surface area contributed by atoms with E-state index in [-0.39, 0.29) is 11.7 Å². The molecule has 0 aliphatic heterocycles. The molecule has 0 bridgehead atoms. The molecule has 0 heterocycles. The van der Waals surface area contributed by atoms with Crippen molar-refractivity contribution < 1.29 is 14.3 Å². The van der Waals surface area contributed by atoms with Crippen molar-refractivity contribution >= 4 is 11.7 Å². The highest BCUT2D eigenvalue weighted by molar-refractivity contribution is 5.90. The van der Waals surface area contributed by atoms with Crippen LogP contribution in [0.2, 0.25) is 0 Å². The van der Waals surface area contributed by atoms with Crippen LogP contribution in [0.15, 0.2) is 30.3 Å². The number of carbonyl (C=O) groups is 2. The maximum atomic E-state index is 12.0. The molecule has 18 heavy (non-hydrogen) atoms. The van der Waals surface area contributed by atoms with E-state index in [0.717, 1.165) is 5.56 Å². The van der Waals surface area contributed by atoms with Crippen molar-refractivity contribution in [3.8, 4) is 0 Å². The van der Waals surface area contributed by atoms with Crippen LogP contribution in [0.4, 0.5) is 0 Å². The molecule has 2 unspecified atom stereocenters. The molecule has 0 saturated heterocycles. The average Bonchev–Trinajstić information content (AvgIpc) is 2.39.